The lowest BCUT2D eigenvalue weighted by Gasteiger charge is -2.36. The molecule has 0 saturated heterocycles. The first kappa shape index (κ1) is 18.4. The van der Waals surface area contributed by atoms with Crippen LogP contribution in [-0.2, 0) is 14.3 Å². The van der Waals surface area contributed by atoms with E-state index in [2.05, 4.69) is 31.1 Å². The SMILES string of the molecule is COCCN(C)CCC1CCCC1(NC(C)C)C(=O)OC. The molecule has 21 heavy (non-hydrogen) atoms. The Bertz CT molecular complexity index is 323. The largest absolute Gasteiger partial charge is 0.468 e. The van der Waals surface area contributed by atoms with E-state index in [-0.39, 0.29) is 12.0 Å². The molecule has 1 aliphatic rings. The smallest absolute Gasteiger partial charge is 0.326 e. The average molecular weight is 300 g/mol. The second-order valence-corrected chi connectivity index (χ2v) is 6.44. The van der Waals surface area contributed by atoms with Crippen molar-refractivity contribution in [2.75, 3.05) is 41.0 Å². The second-order valence-electron chi connectivity index (χ2n) is 6.44. The zero-order chi connectivity index (χ0) is 15.9. The van der Waals surface area contributed by atoms with Gasteiger partial charge in [-0.25, -0.2) is 0 Å². The fraction of sp³-hybridized carbons (Fsp3) is 0.938. The van der Waals surface area contributed by atoms with Gasteiger partial charge in [0, 0.05) is 19.7 Å². The Balaban J connectivity index is 2.66. The number of hydrogen-bond donors (Lipinski definition) is 1. The maximum Gasteiger partial charge on any atom is 0.326 e. The predicted molar refractivity (Wildman–Crippen MR) is 84.3 cm³/mol. The summed E-state index contributed by atoms with van der Waals surface area (Å²) in [5.41, 5.74) is -0.495. The highest BCUT2D eigenvalue weighted by molar-refractivity contribution is 5.81. The van der Waals surface area contributed by atoms with Crippen molar-refractivity contribution in [2.45, 2.75) is 51.1 Å². The standard InChI is InChI=1S/C16H32N2O3/c1-13(2)17-16(15(19)21-5)9-6-7-14(16)8-10-18(3)11-12-20-4/h13-14,17H,6-12H2,1-5H3. The summed E-state index contributed by atoms with van der Waals surface area (Å²) in [6.07, 6.45) is 4.06. The maximum absolute atomic E-state index is 12.4. The number of carbonyl (C=O) groups excluding carboxylic acids is 1. The van der Waals surface area contributed by atoms with Gasteiger partial charge in [0.2, 0.25) is 0 Å². The van der Waals surface area contributed by atoms with Gasteiger partial charge in [-0.05, 0) is 52.6 Å². The molecule has 1 aliphatic carbocycles. The zero-order valence-corrected chi connectivity index (χ0v) is 14.3. The van der Waals surface area contributed by atoms with E-state index in [4.69, 9.17) is 9.47 Å². The van der Waals surface area contributed by atoms with Crippen molar-refractivity contribution in [1.82, 2.24) is 10.2 Å². The zero-order valence-electron chi connectivity index (χ0n) is 14.3. The molecule has 1 N–H and O–H groups in total. The normalized spacial score (nSPS) is 25.8. The van der Waals surface area contributed by atoms with E-state index in [1.807, 2.05) is 0 Å². The van der Waals surface area contributed by atoms with Crippen LogP contribution >= 0.6 is 0 Å². The summed E-state index contributed by atoms with van der Waals surface area (Å²) >= 11 is 0. The van der Waals surface area contributed by atoms with Gasteiger partial charge < -0.3 is 14.4 Å². The molecule has 5 nitrogen and oxygen atoms in total. The molecule has 0 aromatic carbocycles. The van der Waals surface area contributed by atoms with Gasteiger partial charge in [-0.3, -0.25) is 10.1 Å². The third-order valence-corrected chi connectivity index (χ3v) is 4.45. The molecule has 2 unspecified atom stereocenters. The van der Waals surface area contributed by atoms with Crippen LogP contribution in [0.3, 0.4) is 0 Å². The molecule has 5 heteroatoms. The van der Waals surface area contributed by atoms with E-state index in [0.717, 1.165) is 45.4 Å². The van der Waals surface area contributed by atoms with Gasteiger partial charge in [0.05, 0.1) is 13.7 Å². The Labute approximate surface area is 129 Å². The van der Waals surface area contributed by atoms with Crippen LogP contribution in [-0.4, -0.2) is 63.4 Å². The first-order chi connectivity index (χ1) is 9.96. The molecular formula is C16H32N2O3. The van der Waals surface area contributed by atoms with E-state index in [1.54, 1.807) is 7.11 Å². The first-order valence-electron chi connectivity index (χ1n) is 8.00. The molecule has 2 atom stereocenters. The summed E-state index contributed by atoms with van der Waals surface area (Å²) in [5, 5.41) is 3.51. The lowest BCUT2D eigenvalue weighted by molar-refractivity contribution is -0.151. The van der Waals surface area contributed by atoms with Crippen molar-refractivity contribution in [3.63, 3.8) is 0 Å². The quantitative estimate of drug-likeness (QED) is 0.656. The summed E-state index contributed by atoms with van der Waals surface area (Å²) in [6, 6.07) is 0.274. The van der Waals surface area contributed by atoms with Gasteiger partial charge in [0.15, 0.2) is 0 Å². The van der Waals surface area contributed by atoms with Crippen LogP contribution in [0.4, 0.5) is 0 Å². The van der Waals surface area contributed by atoms with Crippen molar-refractivity contribution in [3.05, 3.63) is 0 Å². The molecule has 124 valence electrons. The average Bonchev–Trinajstić information content (AvgIpc) is 2.85. The number of ether oxygens (including phenoxy) is 2. The van der Waals surface area contributed by atoms with Crippen molar-refractivity contribution in [1.29, 1.82) is 0 Å². The van der Waals surface area contributed by atoms with Gasteiger partial charge >= 0.3 is 5.97 Å². The number of esters is 1. The van der Waals surface area contributed by atoms with Crippen molar-refractivity contribution >= 4 is 5.97 Å². The van der Waals surface area contributed by atoms with Crippen LogP contribution in [0.1, 0.15) is 39.5 Å². The Morgan fingerprint density at radius 2 is 2.10 bits per heavy atom. The number of likely N-dealkylation sites (N-methyl/N-ethyl adjacent to an activating group) is 1. The van der Waals surface area contributed by atoms with Gasteiger partial charge in [0.25, 0.3) is 0 Å². The predicted octanol–water partition coefficient (Wildman–Crippen LogP) is 1.66. The third-order valence-electron chi connectivity index (χ3n) is 4.45. The minimum absolute atomic E-state index is 0.0988. The first-order valence-corrected chi connectivity index (χ1v) is 8.00. The second kappa shape index (κ2) is 8.71. The summed E-state index contributed by atoms with van der Waals surface area (Å²) < 4.78 is 10.2. The maximum atomic E-state index is 12.4. The number of nitrogens with zero attached hydrogens (tertiary/aromatic N) is 1. The van der Waals surface area contributed by atoms with Crippen LogP contribution in [0, 0.1) is 5.92 Å². The molecule has 0 bridgehead atoms. The molecule has 0 spiro atoms. The molecule has 0 aromatic heterocycles. The van der Waals surface area contributed by atoms with E-state index >= 15 is 0 Å². The van der Waals surface area contributed by atoms with Crippen LogP contribution in [0.15, 0.2) is 0 Å². The van der Waals surface area contributed by atoms with E-state index in [1.165, 1.54) is 7.11 Å². The molecule has 0 heterocycles. The highest BCUT2D eigenvalue weighted by Gasteiger charge is 2.49. The van der Waals surface area contributed by atoms with Crippen LogP contribution < -0.4 is 5.32 Å². The fourth-order valence-electron chi connectivity index (χ4n) is 3.42. The molecule has 1 rings (SSSR count). The summed E-state index contributed by atoms with van der Waals surface area (Å²) in [6.45, 7) is 6.82. The summed E-state index contributed by atoms with van der Waals surface area (Å²) in [5.74, 6) is 0.246. The molecule has 0 aliphatic heterocycles. The van der Waals surface area contributed by atoms with Crippen molar-refractivity contribution in [3.8, 4) is 0 Å². The van der Waals surface area contributed by atoms with E-state index < -0.39 is 5.54 Å². The van der Waals surface area contributed by atoms with E-state index in [0.29, 0.717) is 5.92 Å². The molecule has 0 aromatic rings. The molecule has 1 fully saturated rings. The number of methoxy groups -OCH3 is 2. The third kappa shape index (κ3) is 4.94. The van der Waals surface area contributed by atoms with Gasteiger partial charge in [-0.2, -0.15) is 0 Å². The Kier molecular flexibility index (Phi) is 7.63. The summed E-state index contributed by atoms with van der Waals surface area (Å²) in [7, 11) is 5.31. The van der Waals surface area contributed by atoms with Crippen molar-refractivity contribution < 1.29 is 14.3 Å². The number of carbonyl (C=O) groups is 1. The molecular weight excluding hydrogens is 268 g/mol. The minimum atomic E-state index is -0.495. The lowest BCUT2D eigenvalue weighted by atomic mass is 9.83. The topological polar surface area (TPSA) is 50.8 Å². The highest BCUT2D eigenvalue weighted by atomic mass is 16.5. The molecule has 0 amide bonds. The lowest BCUT2D eigenvalue weighted by Crippen LogP contribution is -2.58. The van der Waals surface area contributed by atoms with Crippen LogP contribution in [0.2, 0.25) is 0 Å². The van der Waals surface area contributed by atoms with Crippen molar-refractivity contribution in [2.24, 2.45) is 5.92 Å². The minimum Gasteiger partial charge on any atom is -0.468 e. The van der Waals surface area contributed by atoms with E-state index in [9.17, 15) is 4.79 Å². The monoisotopic (exact) mass is 300 g/mol. The highest BCUT2D eigenvalue weighted by Crippen LogP contribution is 2.39. The fourth-order valence-corrected chi connectivity index (χ4v) is 3.42. The number of hydrogen-bond acceptors (Lipinski definition) is 5. The van der Waals surface area contributed by atoms with Gasteiger partial charge in [-0.15, -0.1) is 0 Å². The molecule has 0 radical (unpaired) electrons. The van der Waals surface area contributed by atoms with Crippen LogP contribution in [0.25, 0.3) is 0 Å². The number of rotatable bonds is 9. The summed E-state index contributed by atoms with van der Waals surface area (Å²) in [4.78, 5) is 14.6. The number of nitrogens with one attached hydrogen (secondary N) is 1. The Morgan fingerprint density at radius 1 is 1.38 bits per heavy atom. The van der Waals surface area contributed by atoms with Gasteiger partial charge in [0.1, 0.15) is 5.54 Å². The molecule has 1 saturated carbocycles. The Hall–Kier alpha value is -0.650. The van der Waals surface area contributed by atoms with Gasteiger partial charge in [-0.1, -0.05) is 6.42 Å². The van der Waals surface area contributed by atoms with Crippen LogP contribution in [0.5, 0.6) is 0 Å². The Morgan fingerprint density at radius 3 is 2.67 bits per heavy atom.